The summed E-state index contributed by atoms with van der Waals surface area (Å²) in [6, 6.07) is 13.7. The number of piperidine rings is 1. The van der Waals surface area contributed by atoms with E-state index in [0.29, 0.717) is 25.3 Å². The molecule has 0 bridgehead atoms. The highest BCUT2D eigenvalue weighted by atomic mass is 16.6. The SMILES string of the molecule is O=C(OCC1CCCCO1)C1CCCN(C(=O)c2cccc3ccccc23)C1. The van der Waals surface area contributed by atoms with Gasteiger partial charge < -0.3 is 14.4 Å². The van der Waals surface area contributed by atoms with Gasteiger partial charge in [-0.05, 0) is 48.9 Å². The Bertz CT molecular complexity index is 838. The molecule has 1 amide bonds. The van der Waals surface area contributed by atoms with E-state index in [2.05, 4.69) is 0 Å². The highest BCUT2D eigenvalue weighted by Crippen LogP contribution is 2.24. The summed E-state index contributed by atoms with van der Waals surface area (Å²) >= 11 is 0. The first-order valence-corrected chi connectivity index (χ1v) is 10.3. The Balaban J connectivity index is 1.40. The molecule has 0 saturated carbocycles. The Labute approximate surface area is 165 Å². The zero-order valence-electron chi connectivity index (χ0n) is 16.1. The molecule has 5 heteroatoms. The lowest BCUT2D eigenvalue weighted by Crippen LogP contribution is -2.43. The van der Waals surface area contributed by atoms with Crippen LogP contribution >= 0.6 is 0 Å². The summed E-state index contributed by atoms with van der Waals surface area (Å²) in [5.41, 5.74) is 0.697. The van der Waals surface area contributed by atoms with Gasteiger partial charge in [-0.2, -0.15) is 0 Å². The Morgan fingerprint density at radius 2 is 1.89 bits per heavy atom. The molecule has 0 aromatic heterocycles. The minimum absolute atomic E-state index is 0.00934. The van der Waals surface area contributed by atoms with Gasteiger partial charge in [0.25, 0.3) is 5.91 Å². The van der Waals surface area contributed by atoms with Crippen molar-refractivity contribution < 1.29 is 19.1 Å². The van der Waals surface area contributed by atoms with Crippen molar-refractivity contribution in [1.82, 2.24) is 4.90 Å². The summed E-state index contributed by atoms with van der Waals surface area (Å²) in [6.07, 6.45) is 4.76. The van der Waals surface area contributed by atoms with Gasteiger partial charge in [0.05, 0.1) is 12.0 Å². The molecular weight excluding hydrogens is 354 g/mol. The topological polar surface area (TPSA) is 55.8 Å². The van der Waals surface area contributed by atoms with Gasteiger partial charge in [-0.1, -0.05) is 36.4 Å². The maximum Gasteiger partial charge on any atom is 0.310 e. The minimum Gasteiger partial charge on any atom is -0.463 e. The smallest absolute Gasteiger partial charge is 0.310 e. The molecule has 2 atom stereocenters. The van der Waals surface area contributed by atoms with Gasteiger partial charge in [0.2, 0.25) is 0 Å². The average Bonchev–Trinajstić information content (AvgIpc) is 2.77. The van der Waals surface area contributed by atoms with E-state index in [4.69, 9.17) is 9.47 Å². The van der Waals surface area contributed by atoms with Crippen molar-refractivity contribution in [2.24, 2.45) is 5.92 Å². The predicted molar refractivity (Wildman–Crippen MR) is 107 cm³/mol. The van der Waals surface area contributed by atoms with Gasteiger partial charge in [0, 0.05) is 25.3 Å². The molecule has 0 spiro atoms. The maximum atomic E-state index is 13.1. The van der Waals surface area contributed by atoms with E-state index in [-0.39, 0.29) is 23.9 Å². The van der Waals surface area contributed by atoms with E-state index >= 15 is 0 Å². The van der Waals surface area contributed by atoms with Crippen molar-refractivity contribution in [3.63, 3.8) is 0 Å². The second-order valence-corrected chi connectivity index (χ2v) is 7.74. The molecule has 2 aromatic carbocycles. The number of hydrogen-bond acceptors (Lipinski definition) is 4. The van der Waals surface area contributed by atoms with Gasteiger partial charge in [0.1, 0.15) is 6.61 Å². The Kier molecular flexibility index (Phi) is 5.91. The zero-order valence-corrected chi connectivity index (χ0v) is 16.1. The number of esters is 1. The molecular formula is C23H27NO4. The fraction of sp³-hybridized carbons (Fsp3) is 0.478. The lowest BCUT2D eigenvalue weighted by Gasteiger charge is -2.32. The molecule has 2 aliphatic heterocycles. The monoisotopic (exact) mass is 381 g/mol. The van der Waals surface area contributed by atoms with Crippen LogP contribution in [0.3, 0.4) is 0 Å². The van der Waals surface area contributed by atoms with Gasteiger partial charge >= 0.3 is 5.97 Å². The van der Waals surface area contributed by atoms with E-state index in [1.165, 1.54) is 0 Å². The number of amides is 1. The molecule has 2 saturated heterocycles. The second kappa shape index (κ2) is 8.74. The summed E-state index contributed by atoms with van der Waals surface area (Å²) < 4.78 is 11.2. The van der Waals surface area contributed by atoms with Crippen LogP contribution in [-0.2, 0) is 14.3 Å². The van der Waals surface area contributed by atoms with Crippen molar-refractivity contribution in [3.05, 3.63) is 48.0 Å². The molecule has 148 valence electrons. The predicted octanol–water partition coefficient (Wildman–Crippen LogP) is 3.80. The second-order valence-electron chi connectivity index (χ2n) is 7.74. The van der Waals surface area contributed by atoms with Gasteiger partial charge in [-0.25, -0.2) is 0 Å². The first-order chi connectivity index (χ1) is 13.7. The van der Waals surface area contributed by atoms with Crippen molar-refractivity contribution in [2.75, 3.05) is 26.3 Å². The number of hydrogen-bond donors (Lipinski definition) is 0. The highest BCUT2D eigenvalue weighted by Gasteiger charge is 2.31. The Morgan fingerprint density at radius 1 is 1.04 bits per heavy atom. The van der Waals surface area contributed by atoms with Crippen LogP contribution in [0.5, 0.6) is 0 Å². The van der Waals surface area contributed by atoms with Crippen LogP contribution in [0, 0.1) is 5.92 Å². The molecule has 2 heterocycles. The first kappa shape index (κ1) is 18.9. The molecule has 2 aliphatic rings. The average molecular weight is 381 g/mol. The summed E-state index contributed by atoms with van der Waals surface area (Å²) in [5, 5.41) is 2.00. The molecule has 0 radical (unpaired) electrons. The summed E-state index contributed by atoms with van der Waals surface area (Å²) in [6.45, 7) is 2.18. The molecule has 5 nitrogen and oxygen atoms in total. The Morgan fingerprint density at radius 3 is 2.75 bits per heavy atom. The molecule has 4 rings (SSSR count). The van der Waals surface area contributed by atoms with Crippen LogP contribution in [-0.4, -0.2) is 49.2 Å². The van der Waals surface area contributed by atoms with Crippen LogP contribution < -0.4 is 0 Å². The lowest BCUT2D eigenvalue weighted by molar-refractivity contribution is -0.155. The number of carbonyl (C=O) groups is 2. The fourth-order valence-electron chi connectivity index (χ4n) is 4.17. The van der Waals surface area contributed by atoms with Crippen LogP contribution in [0.25, 0.3) is 10.8 Å². The van der Waals surface area contributed by atoms with Gasteiger partial charge in [0.15, 0.2) is 0 Å². The number of nitrogens with zero attached hydrogens (tertiary/aromatic N) is 1. The zero-order chi connectivity index (χ0) is 19.3. The number of ether oxygens (including phenoxy) is 2. The number of benzene rings is 2. The summed E-state index contributed by atoms with van der Waals surface area (Å²) in [7, 11) is 0. The number of fused-ring (bicyclic) bond motifs is 1. The van der Waals surface area contributed by atoms with E-state index in [1.54, 1.807) is 4.90 Å². The minimum atomic E-state index is -0.253. The van der Waals surface area contributed by atoms with Crippen molar-refractivity contribution in [3.8, 4) is 0 Å². The van der Waals surface area contributed by atoms with Crippen LogP contribution in [0.4, 0.5) is 0 Å². The quantitative estimate of drug-likeness (QED) is 0.756. The molecule has 28 heavy (non-hydrogen) atoms. The largest absolute Gasteiger partial charge is 0.463 e. The third-order valence-corrected chi connectivity index (χ3v) is 5.75. The van der Waals surface area contributed by atoms with Gasteiger partial charge in [-0.15, -0.1) is 0 Å². The first-order valence-electron chi connectivity index (χ1n) is 10.3. The lowest BCUT2D eigenvalue weighted by atomic mass is 9.96. The number of likely N-dealkylation sites (tertiary alicyclic amines) is 1. The maximum absolute atomic E-state index is 13.1. The molecule has 0 N–H and O–H groups in total. The van der Waals surface area contributed by atoms with Crippen LogP contribution in [0.15, 0.2) is 42.5 Å². The molecule has 0 aliphatic carbocycles. The molecule has 2 aromatic rings. The Hall–Kier alpha value is -2.40. The molecule has 2 unspecified atom stereocenters. The third-order valence-electron chi connectivity index (χ3n) is 5.75. The van der Waals surface area contributed by atoms with E-state index in [0.717, 1.165) is 49.5 Å². The highest BCUT2D eigenvalue weighted by molar-refractivity contribution is 6.07. The van der Waals surface area contributed by atoms with Crippen molar-refractivity contribution in [2.45, 2.75) is 38.2 Å². The van der Waals surface area contributed by atoms with E-state index in [9.17, 15) is 9.59 Å². The van der Waals surface area contributed by atoms with Crippen molar-refractivity contribution >= 4 is 22.6 Å². The van der Waals surface area contributed by atoms with Crippen LogP contribution in [0.1, 0.15) is 42.5 Å². The molecule has 2 fully saturated rings. The van der Waals surface area contributed by atoms with E-state index in [1.807, 2.05) is 42.5 Å². The normalized spacial score (nSPS) is 22.8. The standard InChI is InChI=1S/C23H27NO4/c25-22(21-12-5-8-17-7-1-2-11-20(17)21)24-13-6-9-18(15-24)23(26)28-16-19-10-3-4-14-27-19/h1-2,5,7-8,11-12,18-19H,3-4,6,9-10,13-16H2. The fourth-order valence-corrected chi connectivity index (χ4v) is 4.17. The van der Waals surface area contributed by atoms with Gasteiger partial charge in [-0.3, -0.25) is 9.59 Å². The van der Waals surface area contributed by atoms with Crippen LogP contribution in [0.2, 0.25) is 0 Å². The van der Waals surface area contributed by atoms with E-state index < -0.39 is 0 Å². The van der Waals surface area contributed by atoms with Crippen molar-refractivity contribution in [1.29, 1.82) is 0 Å². The number of rotatable bonds is 4. The third kappa shape index (κ3) is 4.20. The number of carbonyl (C=O) groups excluding carboxylic acids is 2. The summed E-state index contributed by atoms with van der Waals surface area (Å²) in [5.74, 6) is -0.467. The summed E-state index contributed by atoms with van der Waals surface area (Å²) in [4.78, 5) is 27.5.